The van der Waals surface area contributed by atoms with Gasteiger partial charge in [0, 0.05) is 23.7 Å². The molecule has 1 amide bonds. The fourth-order valence-corrected chi connectivity index (χ4v) is 1.73. The summed E-state index contributed by atoms with van der Waals surface area (Å²) in [5.41, 5.74) is 0.186. The minimum Gasteiger partial charge on any atom is -0.380 e. The highest BCUT2D eigenvalue weighted by molar-refractivity contribution is 9.09. The van der Waals surface area contributed by atoms with E-state index in [2.05, 4.69) is 28.2 Å². The Morgan fingerprint density at radius 3 is 2.71 bits per heavy atom. The zero-order valence-corrected chi connectivity index (χ0v) is 10.2. The molecular weight excluding hydrogens is 246 g/mol. The lowest BCUT2D eigenvalue weighted by atomic mass is 9.89. The number of ether oxygens (including phenoxy) is 1. The highest BCUT2D eigenvalue weighted by atomic mass is 79.9. The van der Waals surface area contributed by atoms with Gasteiger partial charge < -0.3 is 10.1 Å². The van der Waals surface area contributed by atoms with Gasteiger partial charge in [0.2, 0.25) is 5.91 Å². The van der Waals surface area contributed by atoms with Crippen molar-refractivity contribution in [3.8, 4) is 0 Å². The van der Waals surface area contributed by atoms with Crippen LogP contribution >= 0.6 is 15.9 Å². The summed E-state index contributed by atoms with van der Waals surface area (Å²) in [7, 11) is 0. The minimum absolute atomic E-state index is 0.166. The molecule has 0 aromatic carbocycles. The summed E-state index contributed by atoms with van der Waals surface area (Å²) in [6.07, 6.45) is 2.67. The molecule has 4 heteroatoms. The van der Waals surface area contributed by atoms with E-state index in [1.165, 1.54) is 0 Å². The maximum atomic E-state index is 11.3. The van der Waals surface area contributed by atoms with Crippen molar-refractivity contribution in [2.45, 2.75) is 26.2 Å². The largest absolute Gasteiger partial charge is 0.380 e. The summed E-state index contributed by atoms with van der Waals surface area (Å²) in [6.45, 7) is 4.43. The molecule has 0 atom stereocenters. The quantitative estimate of drug-likeness (QED) is 0.586. The van der Waals surface area contributed by atoms with Crippen LogP contribution in [0.5, 0.6) is 0 Å². The molecule has 1 saturated heterocycles. The van der Waals surface area contributed by atoms with E-state index in [0.29, 0.717) is 6.42 Å². The Hall–Kier alpha value is -0.0900. The standard InChI is InChI=1S/C10H18BrNO2/c1-10(7-14-8-10)6-12-9(13)4-2-3-5-11/h2-8H2,1H3,(H,12,13). The second kappa shape index (κ2) is 5.71. The number of halogens is 1. The predicted molar refractivity (Wildman–Crippen MR) is 59.6 cm³/mol. The van der Waals surface area contributed by atoms with Crippen molar-refractivity contribution in [1.29, 1.82) is 0 Å². The average Bonchev–Trinajstić information content (AvgIpc) is 2.12. The minimum atomic E-state index is 0.166. The van der Waals surface area contributed by atoms with E-state index < -0.39 is 0 Å². The van der Waals surface area contributed by atoms with Crippen molar-refractivity contribution < 1.29 is 9.53 Å². The number of alkyl halides is 1. The van der Waals surface area contributed by atoms with E-state index in [4.69, 9.17) is 4.74 Å². The van der Waals surface area contributed by atoms with E-state index in [1.54, 1.807) is 0 Å². The van der Waals surface area contributed by atoms with Crippen molar-refractivity contribution in [2.24, 2.45) is 5.41 Å². The Labute approximate surface area is 93.7 Å². The van der Waals surface area contributed by atoms with Crippen LogP contribution in [0, 0.1) is 5.41 Å². The van der Waals surface area contributed by atoms with Crippen LogP contribution in [-0.2, 0) is 9.53 Å². The Morgan fingerprint density at radius 1 is 1.50 bits per heavy atom. The van der Waals surface area contributed by atoms with E-state index >= 15 is 0 Å². The van der Waals surface area contributed by atoms with Gasteiger partial charge in [-0.15, -0.1) is 0 Å². The van der Waals surface area contributed by atoms with Crippen LogP contribution in [0.15, 0.2) is 0 Å². The molecule has 1 aliphatic heterocycles. The first-order valence-electron chi connectivity index (χ1n) is 5.07. The molecule has 3 nitrogen and oxygen atoms in total. The van der Waals surface area contributed by atoms with E-state index in [1.807, 2.05) is 0 Å². The highest BCUT2D eigenvalue weighted by Crippen LogP contribution is 2.24. The number of rotatable bonds is 6. The lowest BCUT2D eigenvalue weighted by molar-refractivity contribution is -0.126. The summed E-state index contributed by atoms with van der Waals surface area (Å²) in [5.74, 6) is 0.166. The van der Waals surface area contributed by atoms with Gasteiger partial charge in [-0.25, -0.2) is 0 Å². The van der Waals surface area contributed by atoms with Gasteiger partial charge in [0.1, 0.15) is 0 Å². The zero-order valence-electron chi connectivity index (χ0n) is 8.64. The summed E-state index contributed by atoms with van der Waals surface area (Å²) in [4.78, 5) is 11.3. The second-order valence-electron chi connectivity index (χ2n) is 4.23. The lowest BCUT2D eigenvalue weighted by Crippen LogP contribution is -2.48. The third-order valence-electron chi connectivity index (χ3n) is 2.40. The molecule has 0 saturated carbocycles. The van der Waals surface area contributed by atoms with E-state index in [-0.39, 0.29) is 11.3 Å². The summed E-state index contributed by atoms with van der Waals surface area (Å²) in [5, 5.41) is 3.93. The number of carbonyl (C=O) groups excluding carboxylic acids is 1. The van der Waals surface area contributed by atoms with Crippen LogP contribution in [0.1, 0.15) is 26.2 Å². The Kier molecular flexibility index (Phi) is 4.89. The molecule has 0 bridgehead atoms. The van der Waals surface area contributed by atoms with Crippen LogP contribution < -0.4 is 5.32 Å². The first-order chi connectivity index (χ1) is 6.66. The third-order valence-corrected chi connectivity index (χ3v) is 2.96. The van der Waals surface area contributed by atoms with Gasteiger partial charge in [-0.05, 0) is 12.8 Å². The number of hydrogen-bond acceptors (Lipinski definition) is 2. The Bertz CT molecular complexity index is 193. The van der Waals surface area contributed by atoms with Crippen molar-refractivity contribution in [3.63, 3.8) is 0 Å². The number of nitrogens with one attached hydrogen (secondary N) is 1. The predicted octanol–water partition coefficient (Wildman–Crippen LogP) is 1.70. The first kappa shape index (κ1) is 12.0. The van der Waals surface area contributed by atoms with Gasteiger partial charge in [0.15, 0.2) is 0 Å². The molecule has 1 aliphatic rings. The van der Waals surface area contributed by atoms with Crippen molar-refractivity contribution in [2.75, 3.05) is 25.1 Å². The molecule has 0 aromatic rings. The van der Waals surface area contributed by atoms with Crippen molar-refractivity contribution in [1.82, 2.24) is 5.32 Å². The Morgan fingerprint density at radius 2 is 2.21 bits per heavy atom. The van der Waals surface area contributed by atoms with Crippen molar-refractivity contribution >= 4 is 21.8 Å². The normalized spacial score (nSPS) is 18.7. The second-order valence-corrected chi connectivity index (χ2v) is 5.02. The molecular formula is C10H18BrNO2. The Balaban J connectivity index is 2.03. The summed E-state index contributed by atoms with van der Waals surface area (Å²) >= 11 is 3.34. The van der Waals surface area contributed by atoms with Gasteiger partial charge in [-0.2, -0.15) is 0 Å². The SMILES string of the molecule is CC1(CNC(=O)CCCCBr)COC1. The third kappa shape index (κ3) is 3.96. The fourth-order valence-electron chi connectivity index (χ4n) is 1.33. The lowest BCUT2D eigenvalue weighted by Gasteiger charge is -2.38. The molecule has 1 fully saturated rings. The van der Waals surface area contributed by atoms with Gasteiger partial charge in [0.25, 0.3) is 0 Å². The molecule has 1 N–H and O–H groups in total. The summed E-state index contributed by atoms with van der Waals surface area (Å²) < 4.78 is 5.11. The van der Waals surface area contributed by atoms with Gasteiger partial charge in [-0.1, -0.05) is 22.9 Å². The topological polar surface area (TPSA) is 38.3 Å². The van der Waals surface area contributed by atoms with Gasteiger partial charge in [-0.3, -0.25) is 4.79 Å². The number of unbranched alkanes of at least 4 members (excludes halogenated alkanes) is 1. The molecule has 0 unspecified atom stereocenters. The molecule has 0 aromatic heterocycles. The molecule has 1 heterocycles. The van der Waals surface area contributed by atoms with Crippen LogP contribution in [0.2, 0.25) is 0 Å². The van der Waals surface area contributed by atoms with Crippen LogP contribution in [0.25, 0.3) is 0 Å². The van der Waals surface area contributed by atoms with Crippen LogP contribution in [-0.4, -0.2) is 31.0 Å². The monoisotopic (exact) mass is 263 g/mol. The maximum Gasteiger partial charge on any atom is 0.220 e. The highest BCUT2D eigenvalue weighted by Gasteiger charge is 2.33. The maximum absolute atomic E-state index is 11.3. The van der Waals surface area contributed by atoms with E-state index in [0.717, 1.165) is 37.9 Å². The molecule has 14 heavy (non-hydrogen) atoms. The average molecular weight is 264 g/mol. The molecule has 0 spiro atoms. The van der Waals surface area contributed by atoms with Crippen LogP contribution in [0.4, 0.5) is 0 Å². The molecule has 0 radical (unpaired) electrons. The zero-order chi connectivity index (χ0) is 10.4. The van der Waals surface area contributed by atoms with Gasteiger partial charge in [0.05, 0.1) is 13.2 Å². The molecule has 82 valence electrons. The first-order valence-corrected chi connectivity index (χ1v) is 6.19. The smallest absolute Gasteiger partial charge is 0.220 e. The fraction of sp³-hybridized carbons (Fsp3) is 0.900. The molecule has 1 rings (SSSR count). The van der Waals surface area contributed by atoms with Crippen LogP contribution in [0.3, 0.4) is 0 Å². The summed E-state index contributed by atoms with van der Waals surface area (Å²) in [6, 6.07) is 0. The number of hydrogen-bond donors (Lipinski definition) is 1. The van der Waals surface area contributed by atoms with Crippen molar-refractivity contribution in [3.05, 3.63) is 0 Å². The van der Waals surface area contributed by atoms with E-state index in [9.17, 15) is 4.79 Å². The number of carbonyl (C=O) groups is 1. The molecule has 0 aliphatic carbocycles. The number of amides is 1. The van der Waals surface area contributed by atoms with Gasteiger partial charge >= 0.3 is 0 Å².